The fourth-order valence-electron chi connectivity index (χ4n) is 1.02. The highest BCUT2D eigenvalue weighted by molar-refractivity contribution is 7.70. The molecule has 0 fully saturated rings. The largest absolute Gasteiger partial charge is 0.105 e. The van der Waals surface area contributed by atoms with Gasteiger partial charge < -0.3 is 0 Å². The third-order valence-corrected chi connectivity index (χ3v) is 6.18. The van der Waals surface area contributed by atoms with Gasteiger partial charge in [0.2, 0.25) is 0 Å². The lowest BCUT2D eigenvalue weighted by molar-refractivity contribution is 0.892. The molecule has 0 aromatic carbocycles. The lowest BCUT2D eigenvalue weighted by atomic mass is 10.2. The van der Waals surface area contributed by atoms with Gasteiger partial charge in [0.1, 0.15) is 0 Å². The summed E-state index contributed by atoms with van der Waals surface area (Å²) >= 11 is 0. The van der Waals surface area contributed by atoms with E-state index in [1.54, 1.807) is 0 Å². The highest BCUT2D eigenvalue weighted by atomic mass is 31.2. The van der Waals surface area contributed by atoms with E-state index < -0.39 is 0 Å². The van der Waals surface area contributed by atoms with E-state index in [1.807, 2.05) is 0 Å². The Labute approximate surface area is 86.8 Å². The normalized spacial score (nSPS) is 15.2. The number of unbranched alkanes of at least 4 members (excludes halogenated alkanes) is 1. The van der Waals surface area contributed by atoms with Crippen LogP contribution in [-0.4, -0.2) is 12.8 Å². The molecule has 0 aromatic rings. The average Bonchev–Trinajstić information content (AvgIpc) is 2.11. The molecule has 0 amide bonds. The maximum Gasteiger partial charge on any atom is -0.0258 e. The Morgan fingerprint density at radius 1 is 1.38 bits per heavy atom. The van der Waals surface area contributed by atoms with Crippen LogP contribution in [-0.2, 0) is 0 Å². The van der Waals surface area contributed by atoms with Crippen LogP contribution in [0.1, 0.15) is 33.6 Å². The molecule has 0 spiro atoms. The fourth-order valence-corrected chi connectivity index (χ4v) is 3.45. The fraction of sp³-hybridized carbons (Fsp3) is 0.636. The van der Waals surface area contributed by atoms with Gasteiger partial charge in [0.05, 0.1) is 0 Å². The summed E-state index contributed by atoms with van der Waals surface area (Å²) in [6.45, 7) is 12.9. The third kappa shape index (κ3) is 4.94. The van der Waals surface area contributed by atoms with Gasteiger partial charge in [-0.05, 0) is 43.7 Å². The number of rotatable bonds is 5. The predicted molar refractivity (Wildman–Crippen MR) is 69.8 cm³/mol. The van der Waals surface area contributed by atoms with Crippen molar-refractivity contribution in [1.29, 1.82) is 0 Å². The first kappa shape index (κ1) is 13.3. The summed E-state index contributed by atoms with van der Waals surface area (Å²) in [5.74, 6) is 0. The van der Waals surface area contributed by atoms with Crippen LogP contribution in [0.2, 0.25) is 0 Å². The monoisotopic (exact) mass is 216 g/mol. The zero-order valence-electron chi connectivity index (χ0n) is 9.35. The molecular weight excluding hydrogens is 194 g/mol. The van der Waals surface area contributed by atoms with Crippen molar-refractivity contribution in [1.82, 2.24) is 0 Å². The quantitative estimate of drug-likeness (QED) is 0.466. The topological polar surface area (TPSA) is 0 Å². The molecule has 0 saturated carbocycles. The molecule has 0 radical (unpaired) electrons. The molecule has 0 aliphatic heterocycles. The highest BCUT2D eigenvalue weighted by Crippen LogP contribution is 2.48. The summed E-state index contributed by atoms with van der Waals surface area (Å²) in [5.41, 5.74) is 2.59. The third-order valence-electron chi connectivity index (χ3n) is 2.28. The van der Waals surface area contributed by atoms with E-state index in [0.29, 0.717) is 0 Å². The Kier molecular flexibility index (Phi) is 6.92. The van der Waals surface area contributed by atoms with Crippen LogP contribution in [0, 0.1) is 0 Å². The Bertz CT molecular complexity index is 204. The molecule has 2 unspecified atom stereocenters. The molecule has 2 atom stereocenters. The van der Waals surface area contributed by atoms with Crippen LogP contribution in [0.15, 0.2) is 22.8 Å². The van der Waals surface area contributed by atoms with Gasteiger partial charge >= 0.3 is 0 Å². The average molecular weight is 216 g/mol. The van der Waals surface area contributed by atoms with Gasteiger partial charge in [-0.2, -0.15) is 0 Å². The van der Waals surface area contributed by atoms with Gasteiger partial charge in [-0.15, -0.1) is 9.24 Å². The lowest BCUT2D eigenvalue weighted by Gasteiger charge is -2.15. The van der Waals surface area contributed by atoms with Gasteiger partial charge in [0.15, 0.2) is 0 Å². The molecule has 0 nitrogen and oxygen atoms in total. The number of hydrogen-bond acceptors (Lipinski definition) is 0. The molecule has 0 aliphatic carbocycles. The van der Waals surface area contributed by atoms with Crippen LogP contribution in [0.4, 0.5) is 0 Å². The second-order valence-electron chi connectivity index (χ2n) is 3.57. The molecule has 0 saturated heterocycles. The molecule has 0 rings (SSSR count). The van der Waals surface area contributed by atoms with Gasteiger partial charge in [-0.3, -0.25) is 0 Å². The van der Waals surface area contributed by atoms with Crippen LogP contribution >= 0.6 is 17.2 Å². The van der Waals surface area contributed by atoms with Crippen molar-refractivity contribution in [3.8, 4) is 0 Å². The van der Waals surface area contributed by atoms with Crippen molar-refractivity contribution in [2.75, 3.05) is 12.8 Å². The van der Waals surface area contributed by atoms with Crippen LogP contribution in [0.3, 0.4) is 0 Å². The van der Waals surface area contributed by atoms with Crippen LogP contribution in [0.25, 0.3) is 0 Å². The summed E-state index contributed by atoms with van der Waals surface area (Å²) < 4.78 is 0. The van der Waals surface area contributed by atoms with Gasteiger partial charge in [0, 0.05) is 0 Å². The Morgan fingerprint density at radius 2 is 1.92 bits per heavy atom. The first-order valence-corrected chi connectivity index (χ1v) is 7.39. The summed E-state index contributed by atoms with van der Waals surface area (Å²) in [6.07, 6.45) is 4.01. The molecule has 0 bridgehead atoms. The first-order chi connectivity index (χ1) is 6.00. The lowest BCUT2D eigenvalue weighted by Crippen LogP contribution is -1.86. The maximum atomic E-state index is 3.98. The molecular formula is C11H22P2. The van der Waals surface area contributed by atoms with Crippen molar-refractivity contribution in [3.05, 3.63) is 22.8 Å². The predicted octanol–water partition coefficient (Wildman–Crippen LogP) is 4.58. The van der Waals surface area contributed by atoms with Crippen molar-refractivity contribution < 1.29 is 0 Å². The van der Waals surface area contributed by atoms with E-state index >= 15 is 0 Å². The zero-order valence-corrected chi connectivity index (χ0v) is 11.4. The SMILES string of the molecule is C=C(C)/C(C)=C(/P)P(C)CCCC. The van der Waals surface area contributed by atoms with Crippen molar-refractivity contribution >= 4 is 17.2 Å². The molecule has 2 heteroatoms. The van der Waals surface area contributed by atoms with E-state index in [-0.39, 0.29) is 7.92 Å². The van der Waals surface area contributed by atoms with E-state index in [9.17, 15) is 0 Å². The maximum absolute atomic E-state index is 3.98. The van der Waals surface area contributed by atoms with Crippen molar-refractivity contribution in [3.63, 3.8) is 0 Å². The molecule has 0 aliphatic rings. The number of allylic oxidation sites excluding steroid dienone is 2. The summed E-state index contributed by atoms with van der Waals surface area (Å²) in [6, 6.07) is 0. The van der Waals surface area contributed by atoms with E-state index in [0.717, 1.165) is 0 Å². The molecule has 0 heterocycles. The van der Waals surface area contributed by atoms with Crippen molar-refractivity contribution in [2.45, 2.75) is 33.6 Å². The zero-order chi connectivity index (χ0) is 10.4. The first-order valence-electron chi connectivity index (χ1n) is 4.84. The molecule has 0 N–H and O–H groups in total. The van der Waals surface area contributed by atoms with Gasteiger partial charge in [-0.25, -0.2) is 0 Å². The Morgan fingerprint density at radius 3 is 2.31 bits per heavy atom. The second kappa shape index (κ2) is 6.74. The van der Waals surface area contributed by atoms with Crippen LogP contribution in [0.5, 0.6) is 0 Å². The Hall–Kier alpha value is 0.340. The van der Waals surface area contributed by atoms with E-state index in [4.69, 9.17) is 0 Å². The smallest absolute Gasteiger partial charge is 0.0258 e. The minimum absolute atomic E-state index is 0.0622. The van der Waals surface area contributed by atoms with Gasteiger partial charge in [-0.1, -0.05) is 33.4 Å². The number of hydrogen-bond donors (Lipinski definition) is 0. The van der Waals surface area contributed by atoms with Crippen molar-refractivity contribution in [2.24, 2.45) is 0 Å². The van der Waals surface area contributed by atoms with Crippen LogP contribution < -0.4 is 0 Å². The summed E-state index contributed by atoms with van der Waals surface area (Å²) in [5, 5.41) is 1.50. The van der Waals surface area contributed by atoms with E-state index in [1.165, 1.54) is 35.2 Å². The molecule has 76 valence electrons. The Balaban J connectivity index is 4.30. The standard InChI is InChI=1S/C11H22P2/c1-6-7-8-13(5)11(12)10(4)9(2)3/h2,6-8,12H2,1,3-5H3/b11-10-. The summed E-state index contributed by atoms with van der Waals surface area (Å²) in [7, 11) is 2.96. The molecule has 0 aromatic heterocycles. The van der Waals surface area contributed by atoms with E-state index in [2.05, 4.69) is 43.3 Å². The summed E-state index contributed by atoms with van der Waals surface area (Å²) in [4.78, 5) is 0. The highest BCUT2D eigenvalue weighted by Gasteiger charge is 2.06. The minimum atomic E-state index is 0.0622. The second-order valence-corrected chi connectivity index (χ2v) is 6.95. The van der Waals surface area contributed by atoms with Gasteiger partial charge in [0.25, 0.3) is 0 Å². The minimum Gasteiger partial charge on any atom is -0.105 e. The molecule has 13 heavy (non-hydrogen) atoms.